The van der Waals surface area contributed by atoms with E-state index in [-0.39, 0.29) is 18.2 Å². The average molecular weight is 582 g/mol. The number of rotatable bonds is 10. The molecule has 206 valence electrons. The van der Waals surface area contributed by atoms with Crippen LogP contribution in [0.15, 0.2) is 48.5 Å². The molecule has 4 rings (SSSR count). The number of hydrogen-bond acceptors (Lipinski definition) is 4. The quantitative estimate of drug-likeness (QED) is 0.370. The van der Waals surface area contributed by atoms with Gasteiger partial charge in [0.15, 0.2) is 0 Å². The number of benzene rings is 2. The number of piperidine rings is 1. The highest BCUT2D eigenvalue weighted by Gasteiger charge is 2.53. The summed E-state index contributed by atoms with van der Waals surface area (Å²) in [5.74, 6) is -1.66. The second-order valence-electron chi connectivity index (χ2n) is 10.8. The van der Waals surface area contributed by atoms with E-state index in [1.165, 1.54) is 0 Å². The van der Waals surface area contributed by atoms with Crippen LogP contribution < -0.4 is 4.72 Å². The fraction of sp³-hybridized carbons (Fsp3) is 0.500. The summed E-state index contributed by atoms with van der Waals surface area (Å²) >= 11 is 12.6. The Morgan fingerprint density at radius 3 is 2.34 bits per heavy atom. The number of likely N-dealkylation sites (tertiary alicyclic amines) is 1. The van der Waals surface area contributed by atoms with Gasteiger partial charge < -0.3 is 10.0 Å². The normalized spacial score (nSPS) is 25.7. The largest absolute Gasteiger partial charge is 0.481 e. The summed E-state index contributed by atoms with van der Waals surface area (Å²) in [6.45, 7) is 5.38. The average Bonchev–Trinajstić information content (AvgIpc) is 3.68. The molecule has 0 aromatic heterocycles. The highest BCUT2D eigenvalue weighted by molar-refractivity contribution is 7.90. The second kappa shape index (κ2) is 11.2. The minimum absolute atomic E-state index is 0.293. The lowest BCUT2D eigenvalue weighted by Crippen LogP contribution is -2.60. The van der Waals surface area contributed by atoms with Crippen molar-refractivity contribution in [3.63, 3.8) is 0 Å². The number of carbonyl (C=O) groups is 2. The van der Waals surface area contributed by atoms with Crippen molar-refractivity contribution < 1.29 is 23.1 Å². The van der Waals surface area contributed by atoms with Crippen molar-refractivity contribution in [2.75, 3.05) is 0 Å². The predicted octanol–water partition coefficient (Wildman–Crippen LogP) is 5.78. The minimum atomic E-state index is -3.52. The minimum Gasteiger partial charge on any atom is -0.481 e. The maximum atomic E-state index is 14.3. The van der Waals surface area contributed by atoms with Gasteiger partial charge in [-0.1, -0.05) is 61.3 Å². The third-order valence-electron chi connectivity index (χ3n) is 7.80. The van der Waals surface area contributed by atoms with Crippen LogP contribution in [0.25, 0.3) is 0 Å². The van der Waals surface area contributed by atoms with Crippen molar-refractivity contribution in [2.45, 2.75) is 82.2 Å². The summed E-state index contributed by atoms with van der Waals surface area (Å²) in [5.41, 5.74) is 0.512. The summed E-state index contributed by atoms with van der Waals surface area (Å²) in [7, 11) is -3.52. The Hall–Kier alpha value is -2.13. The van der Waals surface area contributed by atoms with Gasteiger partial charge >= 0.3 is 5.97 Å². The molecule has 1 amide bonds. The van der Waals surface area contributed by atoms with Crippen LogP contribution in [0.5, 0.6) is 0 Å². The first-order valence-corrected chi connectivity index (χ1v) is 15.2. The van der Waals surface area contributed by atoms with Gasteiger partial charge in [-0.3, -0.25) is 9.59 Å². The number of carboxylic acids is 1. The van der Waals surface area contributed by atoms with Gasteiger partial charge in [-0.2, -0.15) is 0 Å². The van der Waals surface area contributed by atoms with Gasteiger partial charge in [0.05, 0.1) is 23.1 Å². The van der Waals surface area contributed by atoms with E-state index in [2.05, 4.69) is 4.72 Å². The molecule has 1 unspecified atom stereocenters. The molecule has 2 aromatic rings. The standard InChI is InChI=1S/C28H34Cl2N2O5S/c1-4-24(17(2)31-38(36,37)22-12-13-22)32-26(18-8-10-20(29)11-9-18)23(19-6-5-7-21(30)14-19)15-28(3,27(32)35)16-25(33)34/h5-11,14,17,22-24,26,31H,4,12-13,15-16H2,1-3H3,(H,33,34)/t17-,23+,24-,26?,28+/m0/s1. The van der Waals surface area contributed by atoms with Gasteiger partial charge in [-0.05, 0) is 68.0 Å². The van der Waals surface area contributed by atoms with Crippen LogP contribution in [0.3, 0.4) is 0 Å². The Morgan fingerprint density at radius 2 is 1.79 bits per heavy atom. The van der Waals surface area contributed by atoms with Crippen molar-refractivity contribution >= 4 is 45.1 Å². The fourth-order valence-corrected chi connectivity index (χ4v) is 7.80. The summed E-state index contributed by atoms with van der Waals surface area (Å²) in [5, 5.41) is 10.5. The molecule has 2 fully saturated rings. The Kier molecular flexibility index (Phi) is 8.48. The molecule has 10 heteroatoms. The zero-order valence-corrected chi connectivity index (χ0v) is 24.1. The van der Waals surface area contributed by atoms with Crippen molar-refractivity contribution in [2.24, 2.45) is 5.41 Å². The van der Waals surface area contributed by atoms with Crippen LogP contribution >= 0.6 is 23.2 Å². The number of carbonyl (C=O) groups excluding carboxylic acids is 1. The number of nitrogens with zero attached hydrogens (tertiary/aromatic N) is 1. The first kappa shape index (κ1) is 28.9. The summed E-state index contributed by atoms with van der Waals surface area (Å²) in [6.07, 6.45) is 1.67. The molecule has 1 heterocycles. The van der Waals surface area contributed by atoms with Gasteiger partial charge in [-0.15, -0.1) is 0 Å². The SMILES string of the molecule is CC[C@@H]([C@H](C)NS(=O)(=O)C1CC1)N1C(=O)[C@@](C)(CC(=O)O)C[C@H](c2cccc(Cl)c2)C1c1ccc(Cl)cc1. The van der Waals surface area contributed by atoms with Crippen LogP contribution in [0.4, 0.5) is 0 Å². The van der Waals surface area contributed by atoms with Crippen LogP contribution in [0.2, 0.25) is 10.0 Å². The van der Waals surface area contributed by atoms with E-state index < -0.39 is 44.8 Å². The number of halogens is 2. The zero-order chi connectivity index (χ0) is 27.8. The maximum Gasteiger partial charge on any atom is 0.304 e. The topological polar surface area (TPSA) is 104 Å². The molecule has 7 nitrogen and oxygen atoms in total. The number of nitrogens with one attached hydrogen (secondary N) is 1. The molecule has 1 aliphatic heterocycles. The molecule has 0 bridgehead atoms. The van der Waals surface area contributed by atoms with E-state index in [0.29, 0.717) is 35.7 Å². The molecule has 0 spiro atoms. The lowest BCUT2D eigenvalue weighted by molar-refractivity contribution is -0.161. The molecular formula is C28H34Cl2N2O5S. The van der Waals surface area contributed by atoms with E-state index in [1.807, 2.05) is 37.3 Å². The number of aliphatic carboxylic acids is 1. The Labute approximate surface area is 234 Å². The summed E-state index contributed by atoms with van der Waals surface area (Å²) in [4.78, 5) is 28.0. The van der Waals surface area contributed by atoms with Gasteiger partial charge in [-0.25, -0.2) is 13.1 Å². The first-order chi connectivity index (χ1) is 17.9. The fourth-order valence-electron chi connectivity index (χ4n) is 5.85. The summed E-state index contributed by atoms with van der Waals surface area (Å²) < 4.78 is 28.5. The highest BCUT2D eigenvalue weighted by atomic mass is 35.5. The van der Waals surface area contributed by atoms with Crippen LogP contribution in [-0.2, 0) is 19.6 Å². The molecule has 1 aliphatic carbocycles. The Bertz CT molecular complexity index is 1300. The molecule has 2 aliphatic rings. The monoisotopic (exact) mass is 580 g/mol. The van der Waals surface area contributed by atoms with E-state index in [4.69, 9.17) is 23.2 Å². The van der Waals surface area contributed by atoms with Crippen LogP contribution in [0, 0.1) is 5.41 Å². The molecule has 2 aromatic carbocycles. The molecule has 1 saturated carbocycles. The first-order valence-electron chi connectivity index (χ1n) is 12.9. The molecule has 38 heavy (non-hydrogen) atoms. The molecule has 5 atom stereocenters. The van der Waals surface area contributed by atoms with Crippen molar-refractivity contribution in [1.82, 2.24) is 9.62 Å². The van der Waals surface area contributed by atoms with Crippen LogP contribution in [0.1, 0.15) is 76.0 Å². The predicted molar refractivity (Wildman–Crippen MR) is 149 cm³/mol. The van der Waals surface area contributed by atoms with E-state index >= 15 is 0 Å². The van der Waals surface area contributed by atoms with Gasteiger partial charge in [0.2, 0.25) is 15.9 Å². The van der Waals surface area contributed by atoms with Crippen molar-refractivity contribution in [3.8, 4) is 0 Å². The molecule has 1 saturated heterocycles. The number of hydrogen-bond donors (Lipinski definition) is 2. The van der Waals surface area contributed by atoms with Crippen molar-refractivity contribution in [3.05, 3.63) is 69.7 Å². The van der Waals surface area contributed by atoms with E-state index in [1.54, 1.807) is 36.9 Å². The van der Waals surface area contributed by atoms with E-state index in [9.17, 15) is 23.1 Å². The molecule has 2 N–H and O–H groups in total. The third-order valence-corrected chi connectivity index (χ3v) is 10.3. The second-order valence-corrected chi connectivity index (χ2v) is 13.7. The van der Waals surface area contributed by atoms with Gasteiger partial charge in [0.1, 0.15) is 0 Å². The maximum absolute atomic E-state index is 14.3. The highest BCUT2D eigenvalue weighted by Crippen LogP contribution is 2.52. The third kappa shape index (κ3) is 6.03. The number of sulfonamides is 1. The lowest BCUT2D eigenvalue weighted by atomic mass is 9.66. The Morgan fingerprint density at radius 1 is 1.13 bits per heavy atom. The lowest BCUT2D eigenvalue weighted by Gasteiger charge is -2.53. The molecular weight excluding hydrogens is 547 g/mol. The number of amides is 1. The van der Waals surface area contributed by atoms with Gasteiger partial charge in [0.25, 0.3) is 0 Å². The molecule has 0 radical (unpaired) electrons. The Balaban J connectivity index is 1.87. The van der Waals surface area contributed by atoms with Crippen molar-refractivity contribution in [1.29, 1.82) is 0 Å². The van der Waals surface area contributed by atoms with Crippen LogP contribution in [-0.4, -0.2) is 47.6 Å². The smallest absolute Gasteiger partial charge is 0.304 e. The van der Waals surface area contributed by atoms with E-state index in [0.717, 1.165) is 11.1 Å². The zero-order valence-electron chi connectivity index (χ0n) is 21.7. The van der Waals surface area contributed by atoms with Gasteiger partial charge in [0, 0.05) is 28.0 Å². The summed E-state index contributed by atoms with van der Waals surface area (Å²) in [6, 6.07) is 13.1. The number of carboxylic acid groups (broad SMARTS) is 1.